The molecular formula is C65H126O17P2. The van der Waals surface area contributed by atoms with Crippen molar-refractivity contribution >= 4 is 39.5 Å². The van der Waals surface area contributed by atoms with Crippen molar-refractivity contribution in [1.29, 1.82) is 0 Å². The van der Waals surface area contributed by atoms with Crippen LogP contribution in [0.15, 0.2) is 0 Å². The molecule has 3 N–H and O–H groups in total. The first-order valence-electron chi connectivity index (χ1n) is 34.0. The van der Waals surface area contributed by atoms with Gasteiger partial charge in [0.25, 0.3) is 0 Å². The smallest absolute Gasteiger partial charge is 0.462 e. The second-order valence-corrected chi connectivity index (χ2v) is 27.1. The second-order valence-electron chi connectivity index (χ2n) is 24.2. The van der Waals surface area contributed by atoms with E-state index in [-0.39, 0.29) is 25.7 Å². The fourth-order valence-corrected chi connectivity index (χ4v) is 11.3. The van der Waals surface area contributed by atoms with Gasteiger partial charge in [-0.25, -0.2) is 9.13 Å². The van der Waals surface area contributed by atoms with Gasteiger partial charge in [0.1, 0.15) is 19.3 Å². The van der Waals surface area contributed by atoms with Gasteiger partial charge in [-0.3, -0.25) is 37.3 Å². The molecule has 19 heteroatoms. The molecule has 6 atom stereocenters. The van der Waals surface area contributed by atoms with Crippen molar-refractivity contribution < 1.29 is 80.2 Å². The molecule has 0 saturated carbocycles. The highest BCUT2D eigenvalue weighted by molar-refractivity contribution is 7.47. The van der Waals surface area contributed by atoms with Crippen LogP contribution in [-0.2, 0) is 65.4 Å². The van der Waals surface area contributed by atoms with E-state index in [1.165, 1.54) is 141 Å². The fourth-order valence-electron chi connectivity index (χ4n) is 9.68. The van der Waals surface area contributed by atoms with Gasteiger partial charge in [0.05, 0.1) is 26.4 Å². The predicted molar refractivity (Wildman–Crippen MR) is 335 cm³/mol. The minimum atomic E-state index is -4.95. The molecule has 0 radical (unpaired) electrons. The van der Waals surface area contributed by atoms with Crippen LogP contribution in [0.2, 0.25) is 0 Å². The van der Waals surface area contributed by atoms with Crippen molar-refractivity contribution in [2.24, 2.45) is 11.8 Å². The van der Waals surface area contributed by atoms with Gasteiger partial charge in [-0.1, -0.05) is 273 Å². The molecule has 0 spiro atoms. The molecule has 84 heavy (non-hydrogen) atoms. The molecule has 0 fully saturated rings. The Labute approximate surface area is 511 Å². The number of carbonyl (C=O) groups is 4. The third-order valence-electron chi connectivity index (χ3n) is 15.3. The van der Waals surface area contributed by atoms with Crippen molar-refractivity contribution in [3.63, 3.8) is 0 Å². The summed E-state index contributed by atoms with van der Waals surface area (Å²) in [6.45, 7) is 9.42. The van der Waals surface area contributed by atoms with E-state index in [0.29, 0.717) is 25.7 Å². The Morgan fingerprint density at radius 3 is 0.905 bits per heavy atom. The van der Waals surface area contributed by atoms with Crippen LogP contribution in [0.1, 0.15) is 324 Å². The number of rotatable bonds is 64. The quantitative estimate of drug-likeness (QED) is 0.0222. The van der Waals surface area contributed by atoms with E-state index in [9.17, 15) is 43.2 Å². The van der Waals surface area contributed by atoms with Gasteiger partial charge < -0.3 is 33.8 Å². The van der Waals surface area contributed by atoms with E-state index in [2.05, 4.69) is 41.5 Å². The van der Waals surface area contributed by atoms with Crippen LogP contribution in [0.25, 0.3) is 0 Å². The Bertz CT molecular complexity index is 1650. The zero-order chi connectivity index (χ0) is 62.2. The Hall–Kier alpha value is -1.94. The summed E-state index contributed by atoms with van der Waals surface area (Å²) in [6.07, 6.45) is 40.3. The molecule has 0 aromatic carbocycles. The van der Waals surface area contributed by atoms with Crippen molar-refractivity contribution in [1.82, 2.24) is 0 Å². The summed E-state index contributed by atoms with van der Waals surface area (Å²) in [7, 11) is -9.89. The van der Waals surface area contributed by atoms with Crippen LogP contribution < -0.4 is 0 Å². The highest BCUT2D eigenvalue weighted by atomic mass is 31.2. The lowest BCUT2D eigenvalue weighted by atomic mass is 10.00. The molecule has 17 nitrogen and oxygen atoms in total. The molecule has 0 aliphatic rings. The largest absolute Gasteiger partial charge is 0.472 e. The molecule has 0 amide bonds. The number of aliphatic hydroxyl groups excluding tert-OH is 1. The summed E-state index contributed by atoms with van der Waals surface area (Å²) in [6, 6.07) is 0. The van der Waals surface area contributed by atoms with Gasteiger partial charge in [-0.05, 0) is 37.5 Å². The van der Waals surface area contributed by atoms with Gasteiger partial charge in [-0.2, -0.15) is 0 Å². The highest BCUT2D eigenvalue weighted by Crippen LogP contribution is 2.45. The Morgan fingerprint density at radius 1 is 0.345 bits per heavy atom. The number of phosphoric acid groups is 2. The number of phosphoric ester groups is 2. The van der Waals surface area contributed by atoms with Crippen LogP contribution in [0.4, 0.5) is 0 Å². The molecule has 0 heterocycles. The van der Waals surface area contributed by atoms with E-state index in [0.717, 1.165) is 102 Å². The zero-order valence-electron chi connectivity index (χ0n) is 54.2. The summed E-state index contributed by atoms with van der Waals surface area (Å²) in [5.74, 6) is -0.687. The van der Waals surface area contributed by atoms with Crippen molar-refractivity contribution in [3.05, 3.63) is 0 Å². The number of unbranched alkanes of at least 4 members (excludes halogenated alkanes) is 33. The SMILES string of the molecule is CCCCCCCCCCCCCCCC(=O)O[C@H](COC(=O)CCCCCCCCCCC(C)C)COP(=O)(O)OC[C@@H](O)COP(=O)(O)OC[C@@H](COC(=O)CCCCCCCCCCCC)OC(=O)CCCCCCCCC(C)CC. The minimum Gasteiger partial charge on any atom is -0.462 e. The number of hydrogen-bond donors (Lipinski definition) is 3. The molecule has 0 saturated heterocycles. The number of ether oxygens (including phenoxy) is 4. The van der Waals surface area contributed by atoms with E-state index in [1.54, 1.807) is 0 Å². The van der Waals surface area contributed by atoms with Crippen LogP contribution in [0.3, 0.4) is 0 Å². The minimum absolute atomic E-state index is 0.103. The van der Waals surface area contributed by atoms with Gasteiger partial charge in [0, 0.05) is 25.7 Å². The lowest BCUT2D eigenvalue weighted by Gasteiger charge is -2.21. The molecule has 3 unspecified atom stereocenters. The normalized spacial score (nSPS) is 14.6. The molecule has 0 aliphatic heterocycles. The van der Waals surface area contributed by atoms with Gasteiger partial charge in [0.15, 0.2) is 12.2 Å². The number of hydrogen-bond acceptors (Lipinski definition) is 15. The van der Waals surface area contributed by atoms with Crippen molar-refractivity contribution in [2.45, 2.75) is 342 Å². The van der Waals surface area contributed by atoms with Crippen LogP contribution in [0, 0.1) is 11.8 Å². The molecule has 498 valence electrons. The van der Waals surface area contributed by atoms with Crippen LogP contribution in [0.5, 0.6) is 0 Å². The summed E-state index contributed by atoms with van der Waals surface area (Å²) >= 11 is 0. The summed E-state index contributed by atoms with van der Waals surface area (Å²) in [5.41, 5.74) is 0. The van der Waals surface area contributed by atoms with Gasteiger partial charge in [-0.15, -0.1) is 0 Å². The predicted octanol–water partition coefficient (Wildman–Crippen LogP) is 18.0. The van der Waals surface area contributed by atoms with E-state index in [1.807, 2.05) is 0 Å². The molecule has 0 aliphatic carbocycles. The average Bonchev–Trinajstić information content (AvgIpc) is 3.52. The van der Waals surface area contributed by atoms with Crippen molar-refractivity contribution in [2.75, 3.05) is 39.6 Å². The first kappa shape index (κ1) is 82.1. The first-order chi connectivity index (χ1) is 40.4. The van der Waals surface area contributed by atoms with Crippen LogP contribution in [-0.4, -0.2) is 96.7 Å². The maximum atomic E-state index is 13.0. The maximum absolute atomic E-state index is 13.0. The summed E-state index contributed by atoms with van der Waals surface area (Å²) < 4.78 is 68.0. The third-order valence-corrected chi connectivity index (χ3v) is 17.2. The Morgan fingerprint density at radius 2 is 0.607 bits per heavy atom. The van der Waals surface area contributed by atoms with E-state index >= 15 is 0 Å². The van der Waals surface area contributed by atoms with E-state index in [4.69, 9.17) is 37.0 Å². The van der Waals surface area contributed by atoms with Gasteiger partial charge in [0.2, 0.25) is 0 Å². The molecular weight excluding hydrogens is 1110 g/mol. The molecule has 0 rings (SSSR count). The maximum Gasteiger partial charge on any atom is 0.472 e. The standard InChI is InChI=1S/C65H126O17P2/c1-7-10-12-14-16-18-20-21-22-24-30-37-43-49-64(69)81-60(53-76-63(68)48-42-36-29-26-25-27-33-39-45-57(4)5)55-79-83(71,72)77-51-59(66)52-78-84(73,74)80-56-61(82-65(70)50-44-38-32-31-34-40-46-58(6)9-3)54-75-62(67)47-41-35-28-23-19-17-15-13-11-8-2/h57-61,66H,7-56H2,1-6H3,(H,71,72)(H,73,74)/t58?,59-,60-,61-/m1/s1. The second kappa shape index (κ2) is 57.5. The molecule has 0 aromatic rings. The zero-order valence-corrected chi connectivity index (χ0v) is 56.0. The Balaban J connectivity index is 5.25. The third kappa shape index (κ3) is 57.8. The summed E-state index contributed by atoms with van der Waals surface area (Å²) in [5, 5.41) is 10.5. The Kier molecular flexibility index (Phi) is 56.2. The molecule has 0 bridgehead atoms. The van der Waals surface area contributed by atoms with Crippen LogP contribution >= 0.6 is 15.6 Å². The fraction of sp³-hybridized carbons (Fsp3) is 0.938. The monoisotopic (exact) mass is 1240 g/mol. The lowest BCUT2D eigenvalue weighted by molar-refractivity contribution is -0.161. The first-order valence-corrected chi connectivity index (χ1v) is 37.0. The summed E-state index contributed by atoms with van der Waals surface area (Å²) in [4.78, 5) is 72.2. The van der Waals surface area contributed by atoms with E-state index < -0.39 is 97.5 Å². The topological polar surface area (TPSA) is 237 Å². The molecule has 0 aromatic heterocycles. The average molecular weight is 1240 g/mol. The number of esters is 4. The van der Waals surface area contributed by atoms with Crippen molar-refractivity contribution in [3.8, 4) is 0 Å². The van der Waals surface area contributed by atoms with Gasteiger partial charge >= 0.3 is 39.5 Å². The lowest BCUT2D eigenvalue weighted by Crippen LogP contribution is -2.30. The number of carbonyl (C=O) groups excluding carboxylic acids is 4. The highest BCUT2D eigenvalue weighted by Gasteiger charge is 2.30. The number of aliphatic hydroxyl groups is 1.